The molecule has 0 radical (unpaired) electrons. The maximum Gasteiger partial charge on any atom is 0.312 e. The monoisotopic (exact) mass is 259 g/mol. The molecule has 19 heavy (non-hydrogen) atoms. The second-order valence-electron chi connectivity index (χ2n) is 4.45. The average molecular weight is 259 g/mol. The third kappa shape index (κ3) is 3.66. The van der Waals surface area contributed by atoms with Crippen LogP contribution in [0.25, 0.3) is 0 Å². The number of hydrogen-bond donors (Lipinski definition) is 2. The second-order valence-corrected chi connectivity index (χ2v) is 4.45. The molecule has 5 nitrogen and oxygen atoms in total. The molecule has 0 spiro atoms. The van der Waals surface area contributed by atoms with Crippen LogP contribution < -0.4 is 5.32 Å². The van der Waals surface area contributed by atoms with Crippen LogP contribution in [-0.2, 0) is 18.4 Å². The van der Waals surface area contributed by atoms with E-state index in [2.05, 4.69) is 10.4 Å². The van der Waals surface area contributed by atoms with Crippen LogP contribution in [0.3, 0.4) is 0 Å². The minimum atomic E-state index is -0.815. The Morgan fingerprint density at radius 3 is 2.74 bits per heavy atom. The highest BCUT2D eigenvalue weighted by atomic mass is 16.4. The first kappa shape index (κ1) is 13.3. The lowest BCUT2D eigenvalue weighted by Gasteiger charge is -2.13. The number of carboxylic acid groups (broad SMARTS) is 1. The summed E-state index contributed by atoms with van der Waals surface area (Å²) in [4.78, 5) is 11.3. The highest BCUT2D eigenvalue weighted by Gasteiger charge is 2.18. The largest absolute Gasteiger partial charge is 0.481 e. The fourth-order valence-electron chi connectivity index (χ4n) is 1.96. The van der Waals surface area contributed by atoms with Crippen molar-refractivity contribution in [3.8, 4) is 0 Å². The van der Waals surface area contributed by atoms with Crippen LogP contribution in [-0.4, -0.2) is 27.4 Å². The molecule has 1 unspecified atom stereocenters. The first-order valence-corrected chi connectivity index (χ1v) is 6.13. The van der Waals surface area contributed by atoms with Crippen molar-refractivity contribution in [1.82, 2.24) is 15.1 Å². The Morgan fingerprint density at radius 1 is 1.42 bits per heavy atom. The number of nitrogens with zero attached hydrogens (tertiary/aromatic N) is 2. The highest BCUT2D eigenvalue weighted by molar-refractivity contribution is 5.76. The van der Waals surface area contributed by atoms with E-state index >= 15 is 0 Å². The molecule has 0 fully saturated rings. The lowest BCUT2D eigenvalue weighted by atomic mass is 9.99. The number of carbonyl (C=O) groups is 1. The van der Waals surface area contributed by atoms with Gasteiger partial charge >= 0.3 is 5.97 Å². The second kappa shape index (κ2) is 6.15. The third-order valence-electron chi connectivity index (χ3n) is 2.94. The molecule has 1 aromatic carbocycles. The van der Waals surface area contributed by atoms with Crippen molar-refractivity contribution in [3.63, 3.8) is 0 Å². The van der Waals surface area contributed by atoms with Gasteiger partial charge in [-0.1, -0.05) is 30.3 Å². The number of benzene rings is 1. The minimum absolute atomic E-state index is 0.397. The van der Waals surface area contributed by atoms with E-state index in [0.717, 1.165) is 11.1 Å². The normalized spacial score (nSPS) is 12.3. The molecule has 0 saturated carbocycles. The van der Waals surface area contributed by atoms with E-state index in [9.17, 15) is 9.90 Å². The standard InChI is InChI=1S/C14H17N3O2/c1-17-10-11(8-16-17)7-15-9-13(14(18)19)12-5-3-2-4-6-12/h2-6,8,10,13,15H,7,9H2,1H3,(H,18,19). The summed E-state index contributed by atoms with van der Waals surface area (Å²) in [5.41, 5.74) is 1.85. The van der Waals surface area contributed by atoms with Gasteiger partial charge in [0.25, 0.3) is 0 Å². The summed E-state index contributed by atoms with van der Waals surface area (Å²) in [6.45, 7) is 1.01. The lowest BCUT2D eigenvalue weighted by Crippen LogP contribution is -2.26. The molecule has 1 heterocycles. The Kier molecular flexibility index (Phi) is 4.30. The van der Waals surface area contributed by atoms with Crippen molar-refractivity contribution >= 4 is 5.97 Å². The van der Waals surface area contributed by atoms with Gasteiger partial charge in [0.1, 0.15) is 0 Å². The molecule has 0 aliphatic carbocycles. The van der Waals surface area contributed by atoms with E-state index < -0.39 is 11.9 Å². The molecule has 0 saturated heterocycles. The van der Waals surface area contributed by atoms with E-state index in [1.807, 2.05) is 43.6 Å². The lowest BCUT2D eigenvalue weighted by molar-refractivity contribution is -0.138. The maximum atomic E-state index is 11.3. The summed E-state index contributed by atoms with van der Waals surface area (Å²) < 4.78 is 1.73. The molecule has 0 amide bonds. The molecular formula is C14H17N3O2. The van der Waals surface area contributed by atoms with E-state index in [1.165, 1.54) is 0 Å². The average Bonchev–Trinajstić information content (AvgIpc) is 2.81. The van der Waals surface area contributed by atoms with E-state index in [-0.39, 0.29) is 0 Å². The van der Waals surface area contributed by atoms with Crippen LogP contribution in [0.2, 0.25) is 0 Å². The maximum absolute atomic E-state index is 11.3. The number of hydrogen-bond acceptors (Lipinski definition) is 3. The number of rotatable bonds is 6. The van der Waals surface area contributed by atoms with Crippen LogP contribution >= 0.6 is 0 Å². The smallest absolute Gasteiger partial charge is 0.312 e. The van der Waals surface area contributed by atoms with Crippen molar-refractivity contribution in [1.29, 1.82) is 0 Å². The number of carboxylic acids is 1. The topological polar surface area (TPSA) is 67.2 Å². The van der Waals surface area contributed by atoms with Crippen molar-refractivity contribution in [3.05, 3.63) is 53.9 Å². The Labute approximate surface area is 111 Å². The predicted octanol–water partition coefficient (Wildman–Crippen LogP) is 1.38. The summed E-state index contributed by atoms with van der Waals surface area (Å²) in [5.74, 6) is -1.34. The van der Waals surface area contributed by atoms with Gasteiger partial charge in [-0.15, -0.1) is 0 Å². The Hall–Kier alpha value is -2.14. The van der Waals surface area contributed by atoms with Crippen LogP contribution in [0.4, 0.5) is 0 Å². The molecule has 2 rings (SSSR count). The quantitative estimate of drug-likeness (QED) is 0.822. The van der Waals surface area contributed by atoms with Gasteiger partial charge < -0.3 is 10.4 Å². The number of aliphatic carboxylic acids is 1. The highest BCUT2D eigenvalue weighted by Crippen LogP contribution is 2.14. The first-order chi connectivity index (χ1) is 9.16. The Bertz CT molecular complexity index is 537. The summed E-state index contributed by atoms with van der Waals surface area (Å²) >= 11 is 0. The third-order valence-corrected chi connectivity index (χ3v) is 2.94. The van der Waals surface area contributed by atoms with Gasteiger partial charge in [0.2, 0.25) is 0 Å². The predicted molar refractivity (Wildman–Crippen MR) is 71.7 cm³/mol. The van der Waals surface area contributed by atoms with Crippen molar-refractivity contribution in [2.75, 3.05) is 6.54 Å². The molecule has 0 aliphatic rings. The van der Waals surface area contributed by atoms with Gasteiger partial charge in [-0.3, -0.25) is 9.48 Å². The van der Waals surface area contributed by atoms with E-state index in [4.69, 9.17) is 0 Å². The summed E-state index contributed by atoms with van der Waals surface area (Å²) in [7, 11) is 1.85. The van der Waals surface area contributed by atoms with Gasteiger partial charge in [-0.25, -0.2) is 0 Å². The van der Waals surface area contributed by atoms with Crippen LogP contribution in [0.1, 0.15) is 17.0 Å². The summed E-state index contributed by atoms with van der Waals surface area (Å²) in [6, 6.07) is 9.26. The number of aromatic nitrogens is 2. The zero-order chi connectivity index (χ0) is 13.7. The van der Waals surface area contributed by atoms with Gasteiger partial charge in [0.05, 0.1) is 12.1 Å². The molecule has 5 heteroatoms. The molecule has 1 atom stereocenters. The zero-order valence-electron chi connectivity index (χ0n) is 10.8. The summed E-state index contributed by atoms with van der Waals surface area (Å²) in [5, 5.41) is 16.5. The van der Waals surface area contributed by atoms with Crippen LogP contribution in [0.15, 0.2) is 42.7 Å². The van der Waals surface area contributed by atoms with E-state index in [0.29, 0.717) is 13.1 Å². The molecule has 0 bridgehead atoms. The minimum Gasteiger partial charge on any atom is -0.481 e. The fourth-order valence-corrected chi connectivity index (χ4v) is 1.96. The van der Waals surface area contributed by atoms with Gasteiger partial charge in [-0.05, 0) is 5.56 Å². The van der Waals surface area contributed by atoms with Gasteiger partial charge in [-0.2, -0.15) is 5.10 Å². The fraction of sp³-hybridized carbons (Fsp3) is 0.286. The molecule has 0 aliphatic heterocycles. The Balaban J connectivity index is 1.93. The molecule has 1 aromatic heterocycles. The van der Waals surface area contributed by atoms with Gasteiger partial charge in [0, 0.05) is 31.9 Å². The van der Waals surface area contributed by atoms with Crippen LogP contribution in [0.5, 0.6) is 0 Å². The number of aryl methyl sites for hydroxylation is 1. The zero-order valence-corrected chi connectivity index (χ0v) is 10.8. The first-order valence-electron chi connectivity index (χ1n) is 6.13. The van der Waals surface area contributed by atoms with E-state index in [1.54, 1.807) is 10.9 Å². The number of nitrogens with one attached hydrogen (secondary N) is 1. The SMILES string of the molecule is Cn1cc(CNCC(C(=O)O)c2ccccc2)cn1. The van der Waals surface area contributed by atoms with Crippen LogP contribution in [0, 0.1) is 0 Å². The molecule has 100 valence electrons. The van der Waals surface area contributed by atoms with Crippen molar-refractivity contribution in [2.24, 2.45) is 7.05 Å². The molecule has 2 aromatic rings. The summed E-state index contributed by atoms with van der Waals surface area (Å²) in [6.07, 6.45) is 3.68. The van der Waals surface area contributed by atoms with Gasteiger partial charge in [0.15, 0.2) is 0 Å². The Morgan fingerprint density at radius 2 is 2.16 bits per heavy atom. The van der Waals surface area contributed by atoms with Crippen molar-refractivity contribution < 1.29 is 9.90 Å². The molecule has 2 N–H and O–H groups in total. The van der Waals surface area contributed by atoms with Crippen molar-refractivity contribution in [2.45, 2.75) is 12.5 Å². The molecular weight excluding hydrogens is 242 g/mol.